The summed E-state index contributed by atoms with van der Waals surface area (Å²) >= 11 is 7.31. The van der Waals surface area contributed by atoms with Gasteiger partial charge in [0.15, 0.2) is 5.13 Å². The maximum absolute atomic E-state index is 13.5. The molecule has 0 amide bonds. The van der Waals surface area contributed by atoms with E-state index >= 15 is 0 Å². The van der Waals surface area contributed by atoms with Gasteiger partial charge in [-0.25, -0.2) is 15.0 Å². The molecule has 0 bridgehead atoms. The molecule has 1 aliphatic rings. The number of ether oxygens (including phenoxy) is 1. The molecule has 1 atom stereocenters. The number of aromatic nitrogens is 3. The van der Waals surface area contributed by atoms with Crippen LogP contribution in [0, 0.1) is 0 Å². The van der Waals surface area contributed by atoms with Gasteiger partial charge in [-0.1, -0.05) is 22.9 Å². The number of alkyl halides is 3. The zero-order valence-corrected chi connectivity index (χ0v) is 19.0. The summed E-state index contributed by atoms with van der Waals surface area (Å²) < 4.78 is 45.6. The number of nitrogens with one attached hydrogen (secondary N) is 1. The summed E-state index contributed by atoms with van der Waals surface area (Å²) in [6, 6.07) is 5.63. The summed E-state index contributed by atoms with van der Waals surface area (Å²) in [5.74, 6) is 0.577. The number of benzene rings is 1. The fraction of sp³-hybridized carbons (Fsp3) is 0.381. The lowest BCUT2D eigenvalue weighted by atomic mass is 10.1. The molecule has 3 heterocycles. The molecule has 32 heavy (non-hydrogen) atoms. The highest BCUT2D eigenvalue weighted by atomic mass is 35.5. The van der Waals surface area contributed by atoms with E-state index in [0.29, 0.717) is 34.8 Å². The molecule has 1 N–H and O–H groups in total. The Labute approximate surface area is 192 Å². The van der Waals surface area contributed by atoms with Gasteiger partial charge in [0, 0.05) is 29.1 Å². The van der Waals surface area contributed by atoms with E-state index in [-0.39, 0.29) is 10.9 Å². The lowest BCUT2D eigenvalue weighted by Gasteiger charge is -2.20. The predicted molar refractivity (Wildman–Crippen MR) is 119 cm³/mol. The Hall–Kier alpha value is -2.43. The van der Waals surface area contributed by atoms with Crippen molar-refractivity contribution in [3.05, 3.63) is 46.2 Å². The Bertz CT molecular complexity index is 1110. The van der Waals surface area contributed by atoms with Crippen molar-refractivity contribution in [3.63, 3.8) is 0 Å². The van der Waals surface area contributed by atoms with Gasteiger partial charge in [0.05, 0.1) is 18.4 Å². The molecule has 0 unspecified atom stereocenters. The van der Waals surface area contributed by atoms with E-state index in [1.807, 2.05) is 0 Å². The van der Waals surface area contributed by atoms with Gasteiger partial charge in [-0.05, 0) is 44.5 Å². The molecule has 170 valence electrons. The number of methoxy groups -OCH3 is 1. The van der Waals surface area contributed by atoms with Crippen molar-refractivity contribution >= 4 is 33.9 Å². The highest BCUT2D eigenvalue weighted by molar-refractivity contribution is 7.16. The minimum absolute atomic E-state index is 0.125. The Balaban J connectivity index is 1.76. The molecule has 0 spiro atoms. The molecule has 1 fully saturated rings. The smallest absolute Gasteiger partial charge is 0.416 e. The van der Waals surface area contributed by atoms with E-state index in [1.165, 1.54) is 24.8 Å². The van der Waals surface area contributed by atoms with Crippen LogP contribution in [-0.4, -0.2) is 39.5 Å². The first kappa shape index (κ1) is 22.8. The number of anilines is 2. The standard InChI is InChI=1S/C21H21ClF3N5OS/c1-12-4-3-5-30(12)10-16-19(13-6-14(21(23,24)25)8-15(7-13)31-2)29-20(32-16)28-18-9-17(22)26-11-27-18/h6-9,11-12H,3-5,10H2,1-2H3,(H,26,27,28,29)/t12-/m1/s1. The second-order valence-corrected chi connectivity index (χ2v) is 9.02. The summed E-state index contributed by atoms with van der Waals surface area (Å²) in [5.41, 5.74) is 0.0575. The Morgan fingerprint density at radius 1 is 1.25 bits per heavy atom. The van der Waals surface area contributed by atoms with Crippen molar-refractivity contribution < 1.29 is 17.9 Å². The van der Waals surface area contributed by atoms with Crippen molar-refractivity contribution in [2.45, 2.75) is 38.5 Å². The lowest BCUT2D eigenvalue weighted by molar-refractivity contribution is -0.137. The van der Waals surface area contributed by atoms with Gasteiger partial charge in [-0.2, -0.15) is 13.2 Å². The van der Waals surface area contributed by atoms with Crippen LogP contribution in [0.1, 0.15) is 30.2 Å². The van der Waals surface area contributed by atoms with Gasteiger partial charge >= 0.3 is 6.18 Å². The quantitative estimate of drug-likeness (QED) is 0.433. The summed E-state index contributed by atoms with van der Waals surface area (Å²) in [4.78, 5) is 15.8. The molecule has 1 saturated heterocycles. The molecule has 1 aromatic carbocycles. The second kappa shape index (κ2) is 9.21. The molecule has 3 aromatic rings. The fourth-order valence-electron chi connectivity index (χ4n) is 3.68. The van der Waals surface area contributed by atoms with E-state index in [1.54, 1.807) is 12.1 Å². The van der Waals surface area contributed by atoms with E-state index in [2.05, 4.69) is 32.1 Å². The summed E-state index contributed by atoms with van der Waals surface area (Å²) in [7, 11) is 1.35. The van der Waals surface area contributed by atoms with Gasteiger partial charge in [0.2, 0.25) is 0 Å². The van der Waals surface area contributed by atoms with Crippen LogP contribution in [0.5, 0.6) is 5.75 Å². The number of hydrogen-bond donors (Lipinski definition) is 1. The molecule has 6 nitrogen and oxygen atoms in total. The number of thiazole rings is 1. The van der Waals surface area contributed by atoms with Crippen LogP contribution in [0.4, 0.5) is 24.1 Å². The monoisotopic (exact) mass is 483 g/mol. The number of nitrogens with zero attached hydrogens (tertiary/aromatic N) is 4. The topological polar surface area (TPSA) is 63.2 Å². The van der Waals surface area contributed by atoms with Gasteiger partial charge < -0.3 is 10.1 Å². The predicted octanol–water partition coefficient (Wildman–Crippen LogP) is 6.01. The second-order valence-electron chi connectivity index (χ2n) is 7.55. The first-order valence-electron chi connectivity index (χ1n) is 9.98. The fourth-order valence-corrected chi connectivity index (χ4v) is 4.84. The normalized spacial score (nSPS) is 17.0. The number of likely N-dealkylation sites (tertiary alicyclic amines) is 1. The maximum Gasteiger partial charge on any atom is 0.416 e. The number of halogens is 4. The van der Waals surface area contributed by atoms with E-state index in [0.717, 1.165) is 36.4 Å². The Kier molecular flexibility index (Phi) is 6.55. The molecule has 0 radical (unpaired) electrons. The molecule has 0 aliphatic carbocycles. The molecule has 11 heteroatoms. The summed E-state index contributed by atoms with van der Waals surface area (Å²) in [6.45, 7) is 3.69. The van der Waals surface area contributed by atoms with Gasteiger partial charge in [-0.15, -0.1) is 0 Å². The molecule has 1 aliphatic heterocycles. The molecule has 4 rings (SSSR count). The highest BCUT2D eigenvalue weighted by Crippen LogP contribution is 2.39. The minimum atomic E-state index is -4.50. The van der Waals surface area contributed by atoms with Crippen LogP contribution in [0.2, 0.25) is 5.15 Å². The van der Waals surface area contributed by atoms with E-state index in [4.69, 9.17) is 16.3 Å². The molecular weight excluding hydrogens is 463 g/mol. The van der Waals surface area contributed by atoms with Gasteiger partial charge in [-0.3, -0.25) is 4.90 Å². The maximum atomic E-state index is 13.5. The van der Waals surface area contributed by atoms with Crippen LogP contribution in [0.25, 0.3) is 11.3 Å². The van der Waals surface area contributed by atoms with Crippen molar-refractivity contribution in [3.8, 4) is 17.0 Å². The zero-order valence-electron chi connectivity index (χ0n) is 17.4. The van der Waals surface area contributed by atoms with Crippen LogP contribution >= 0.6 is 22.9 Å². The summed E-state index contributed by atoms with van der Waals surface area (Å²) in [5, 5.41) is 3.86. The van der Waals surface area contributed by atoms with Crippen molar-refractivity contribution in [1.29, 1.82) is 0 Å². The van der Waals surface area contributed by atoms with Crippen LogP contribution < -0.4 is 10.1 Å². The first-order chi connectivity index (χ1) is 15.2. The minimum Gasteiger partial charge on any atom is -0.497 e. The average molecular weight is 484 g/mol. The third-order valence-corrected chi connectivity index (χ3v) is 6.51. The van der Waals surface area contributed by atoms with E-state index < -0.39 is 11.7 Å². The SMILES string of the molecule is COc1cc(-c2nc(Nc3cc(Cl)ncn3)sc2CN2CCC[C@H]2C)cc(C(F)(F)F)c1. The molecular formula is C21H21ClF3N5OS. The van der Waals surface area contributed by atoms with Crippen LogP contribution in [-0.2, 0) is 12.7 Å². The third-order valence-electron chi connectivity index (χ3n) is 5.35. The van der Waals surface area contributed by atoms with Crippen molar-refractivity contribution in [1.82, 2.24) is 19.9 Å². The molecule has 0 saturated carbocycles. The van der Waals surface area contributed by atoms with E-state index in [9.17, 15) is 13.2 Å². The Morgan fingerprint density at radius 3 is 2.72 bits per heavy atom. The summed E-state index contributed by atoms with van der Waals surface area (Å²) in [6.07, 6.45) is -0.987. The Morgan fingerprint density at radius 2 is 2.06 bits per heavy atom. The number of hydrogen-bond acceptors (Lipinski definition) is 7. The average Bonchev–Trinajstić information content (AvgIpc) is 3.33. The van der Waals surface area contributed by atoms with Crippen molar-refractivity contribution in [2.75, 3.05) is 19.0 Å². The zero-order chi connectivity index (χ0) is 22.9. The third kappa shape index (κ3) is 5.13. The highest BCUT2D eigenvalue weighted by Gasteiger charge is 2.32. The molecule has 2 aromatic heterocycles. The van der Waals surface area contributed by atoms with Crippen LogP contribution in [0.15, 0.2) is 30.6 Å². The first-order valence-corrected chi connectivity index (χ1v) is 11.2. The van der Waals surface area contributed by atoms with Crippen LogP contribution in [0.3, 0.4) is 0 Å². The largest absolute Gasteiger partial charge is 0.497 e. The lowest BCUT2D eigenvalue weighted by Crippen LogP contribution is -2.25. The van der Waals surface area contributed by atoms with Gasteiger partial charge in [0.25, 0.3) is 0 Å². The van der Waals surface area contributed by atoms with Gasteiger partial charge in [0.1, 0.15) is 23.0 Å². The van der Waals surface area contributed by atoms with Crippen molar-refractivity contribution in [2.24, 2.45) is 0 Å². The number of rotatable bonds is 6.